The molecule has 0 unspecified atom stereocenters. The van der Waals surface area contributed by atoms with Crippen LogP contribution in [0.2, 0.25) is 0 Å². The second kappa shape index (κ2) is 4.59. The Balaban J connectivity index is 2.19. The van der Waals surface area contributed by atoms with Gasteiger partial charge in [-0.3, -0.25) is 4.98 Å². The minimum absolute atomic E-state index is 0.557. The van der Waals surface area contributed by atoms with E-state index in [1.165, 1.54) is 16.7 Å². The third-order valence-corrected chi connectivity index (χ3v) is 3.15. The Kier molecular flexibility index (Phi) is 2.79. The zero-order chi connectivity index (χ0) is 12.4. The monoisotopic (exact) mass is 234 g/mol. The van der Waals surface area contributed by atoms with Gasteiger partial charge in [0.25, 0.3) is 0 Å². The van der Waals surface area contributed by atoms with Crippen molar-refractivity contribution < 1.29 is 0 Å². The fourth-order valence-electron chi connectivity index (χ4n) is 2.22. The average molecular weight is 234 g/mol. The van der Waals surface area contributed by atoms with Gasteiger partial charge in [0.05, 0.1) is 5.52 Å². The van der Waals surface area contributed by atoms with E-state index in [2.05, 4.69) is 41.4 Å². The second-order valence-corrected chi connectivity index (χ2v) is 4.27. The summed E-state index contributed by atoms with van der Waals surface area (Å²) in [5.74, 6) is 0. The van der Waals surface area contributed by atoms with Crippen molar-refractivity contribution in [1.82, 2.24) is 4.98 Å². The fourth-order valence-corrected chi connectivity index (χ4v) is 2.22. The molecule has 0 amide bonds. The van der Waals surface area contributed by atoms with E-state index < -0.39 is 0 Å². The van der Waals surface area contributed by atoms with Crippen LogP contribution in [-0.2, 0) is 6.54 Å². The molecule has 0 saturated carbocycles. The van der Waals surface area contributed by atoms with Gasteiger partial charge in [-0.05, 0) is 34.9 Å². The first-order chi connectivity index (χ1) is 8.88. The Morgan fingerprint density at radius 1 is 0.944 bits per heavy atom. The standard InChI is InChI=1S/C16H14N2/c17-11-14-4-1-2-6-15(14)12-7-8-16-13(10-12)5-3-9-18-16/h1-10H,11,17H2. The minimum Gasteiger partial charge on any atom is -0.326 e. The zero-order valence-corrected chi connectivity index (χ0v) is 10.0. The van der Waals surface area contributed by atoms with Crippen molar-refractivity contribution in [3.8, 4) is 11.1 Å². The van der Waals surface area contributed by atoms with Gasteiger partial charge < -0.3 is 5.73 Å². The van der Waals surface area contributed by atoms with Crippen molar-refractivity contribution in [3.63, 3.8) is 0 Å². The molecule has 0 aliphatic heterocycles. The summed E-state index contributed by atoms with van der Waals surface area (Å²) in [6.45, 7) is 0.557. The number of aromatic nitrogens is 1. The predicted molar refractivity (Wildman–Crippen MR) is 75.1 cm³/mol. The Bertz CT molecular complexity index is 689. The molecule has 0 fully saturated rings. The average Bonchev–Trinajstić information content (AvgIpc) is 2.46. The highest BCUT2D eigenvalue weighted by atomic mass is 14.6. The topological polar surface area (TPSA) is 38.9 Å². The normalized spacial score (nSPS) is 10.7. The summed E-state index contributed by atoms with van der Waals surface area (Å²) in [4.78, 5) is 4.33. The summed E-state index contributed by atoms with van der Waals surface area (Å²) < 4.78 is 0. The van der Waals surface area contributed by atoms with Gasteiger partial charge in [-0.2, -0.15) is 0 Å². The first kappa shape index (κ1) is 10.9. The smallest absolute Gasteiger partial charge is 0.0702 e. The zero-order valence-electron chi connectivity index (χ0n) is 10.0. The third kappa shape index (κ3) is 1.87. The van der Waals surface area contributed by atoms with Crippen LogP contribution in [0.4, 0.5) is 0 Å². The SMILES string of the molecule is NCc1ccccc1-c1ccc2ncccc2c1. The summed E-state index contributed by atoms with van der Waals surface area (Å²) in [7, 11) is 0. The largest absolute Gasteiger partial charge is 0.326 e. The van der Waals surface area contributed by atoms with Crippen molar-refractivity contribution in [2.45, 2.75) is 6.54 Å². The molecule has 1 aromatic heterocycles. The second-order valence-electron chi connectivity index (χ2n) is 4.27. The van der Waals surface area contributed by atoms with Crippen LogP contribution in [0.15, 0.2) is 60.8 Å². The van der Waals surface area contributed by atoms with Crippen LogP contribution in [0.25, 0.3) is 22.0 Å². The third-order valence-electron chi connectivity index (χ3n) is 3.15. The number of rotatable bonds is 2. The van der Waals surface area contributed by atoms with Crippen molar-refractivity contribution in [2.24, 2.45) is 5.73 Å². The maximum Gasteiger partial charge on any atom is 0.0702 e. The van der Waals surface area contributed by atoms with Crippen molar-refractivity contribution in [2.75, 3.05) is 0 Å². The first-order valence-corrected chi connectivity index (χ1v) is 6.01. The Morgan fingerprint density at radius 2 is 1.83 bits per heavy atom. The predicted octanol–water partition coefficient (Wildman–Crippen LogP) is 3.36. The van der Waals surface area contributed by atoms with E-state index in [0.717, 1.165) is 10.9 Å². The molecule has 0 spiro atoms. The summed E-state index contributed by atoms with van der Waals surface area (Å²) in [6.07, 6.45) is 1.82. The fraction of sp³-hybridized carbons (Fsp3) is 0.0625. The molecular formula is C16H14N2. The summed E-state index contributed by atoms with van der Waals surface area (Å²) in [5.41, 5.74) is 10.4. The summed E-state index contributed by atoms with van der Waals surface area (Å²) >= 11 is 0. The summed E-state index contributed by atoms with van der Waals surface area (Å²) in [6, 6.07) is 18.6. The Hall–Kier alpha value is -2.19. The van der Waals surface area contributed by atoms with Crippen LogP contribution in [0.1, 0.15) is 5.56 Å². The molecule has 2 heteroatoms. The van der Waals surface area contributed by atoms with Gasteiger partial charge in [0.2, 0.25) is 0 Å². The molecule has 0 atom stereocenters. The lowest BCUT2D eigenvalue weighted by Gasteiger charge is -2.08. The van der Waals surface area contributed by atoms with Gasteiger partial charge >= 0.3 is 0 Å². The van der Waals surface area contributed by atoms with E-state index in [-0.39, 0.29) is 0 Å². The number of fused-ring (bicyclic) bond motifs is 1. The Labute approximate surface area is 106 Å². The molecule has 0 aliphatic rings. The molecule has 0 aliphatic carbocycles. The highest BCUT2D eigenvalue weighted by Gasteiger charge is 2.04. The van der Waals surface area contributed by atoms with E-state index in [9.17, 15) is 0 Å². The van der Waals surface area contributed by atoms with Gasteiger partial charge in [-0.15, -0.1) is 0 Å². The van der Waals surface area contributed by atoms with Crippen LogP contribution >= 0.6 is 0 Å². The molecule has 3 rings (SSSR count). The van der Waals surface area contributed by atoms with Crippen LogP contribution < -0.4 is 5.73 Å². The van der Waals surface area contributed by atoms with Crippen molar-refractivity contribution in [3.05, 3.63) is 66.4 Å². The Morgan fingerprint density at radius 3 is 2.72 bits per heavy atom. The number of nitrogens with two attached hydrogens (primary N) is 1. The molecule has 3 aromatic rings. The first-order valence-electron chi connectivity index (χ1n) is 6.01. The van der Waals surface area contributed by atoms with Crippen LogP contribution in [-0.4, -0.2) is 4.98 Å². The number of pyridine rings is 1. The highest BCUT2D eigenvalue weighted by molar-refractivity contribution is 5.84. The molecule has 2 aromatic carbocycles. The maximum atomic E-state index is 5.79. The molecule has 0 bridgehead atoms. The molecule has 88 valence electrons. The van der Waals surface area contributed by atoms with E-state index >= 15 is 0 Å². The number of hydrogen-bond donors (Lipinski definition) is 1. The molecular weight excluding hydrogens is 220 g/mol. The number of hydrogen-bond acceptors (Lipinski definition) is 2. The molecule has 0 saturated heterocycles. The van der Waals surface area contributed by atoms with E-state index in [0.29, 0.717) is 6.54 Å². The summed E-state index contributed by atoms with van der Waals surface area (Å²) in [5, 5.41) is 1.15. The van der Waals surface area contributed by atoms with Gasteiger partial charge in [0.15, 0.2) is 0 Å². The van der Waals surface area contributed by atoms with Gasteiger partial charge in [-0.1, -0.05) is 36.4 Å². The van der Waals surface area contributed by atoms with Crippen LogP contribution in [0.5, 0.6) is 0 Å². The van der Waals surface area contributed by atoms with Gasteiger partial charge in [0.1, 0.15) is 0 Å². The van der Waals surface area contributed by atoms with E-state index in [1.807, 2.05) is 24.4 Å². The van der Waals surface area contributed by atoms with Crippen molar-refractivity contribution >= 4 is 10.9 Å². The lowest BCUT2D eigenvalue weighted by Crippen LogP contribution is -1.98. The van der Waals surface area contributed by atoms with Gasteiger partial charge in [0, 0.05) is 18.1 Å². The molecule has 18 heavy (non-hydrogen) atoms. The molecule has 2 nitrogen and oxygen atoms in total. The highest BCUT2D eigenvalue weighted by Crippen LogP contribution is 2.26. The molecule has 2 N–H and O–H groups in total. The quantitative estimate of drug-likeness (QED) is 0.738. The van der Waals surface area contributed by atoms with Crippen LogP contribution in [0, 0.1) is 0 Å². The lowest BCUT2D eigenvalue weighted by atomic mass is 9.98. The van der Waals surface area contributed by atoms with E-state index in [1.54, 1.807) is 0 Å². The van der Waals surface area contributed by atoms with Crippen molar-refractivity contribution in [1.29, 1.82) is 0 Å². The number of benzene rings is 2. The van der Waals surface area contributed by atoms with Gasteiger partial charge in [-0.25, -0.2) is 0 Å². The van der Waals surface area contributed by atoms with E-state index in [4.69, 9.17) is 5.73 Å². The minimum atomic E-state index is 0.557. The lowest BCUT2D eigenvalue weighted by molar-refractivity contribution is 1.07. The van der Waals surface area contributed by atoms with Crippen LogP contribution in [0.3, 0.4) is 0 Å². The molecule has 0 radical (unpaired) electrons. The number of nitrogens with zero attached hydrogens (tertiary/aromatic N) is 1. The molecule has 1 heterocycles. The maximum absolute atomic E-state index is 5.79.